The minimum atomic E-state index is 0.434. The molecule has 0 spiro atoms. The summed E-state index contributed by atoms with van der Waals surface area (Å²) in [7, 11) is 0. The van der Waals surface area contributed by atoms with Crippen LogP contribution in [0.4, 0.5) is 0 Å². The summed E-state index contributed by atoms with van der Waals surface area (Å²) < 4.78 is 0. The highest BCUT2D eigenvalue weighted by molar-refractivity contribution is 6.48. The first kappa shape index (κ1) is 12.1. The van der Waals surface area contributed by atoms with Crippen LogP contribution in [0.15, 0.2) is 12.1 Å². The fraction of sp³-hybridized carbons (Fsp3) is 0.333. The van der Waals surface area contributed by atoms with E-state index in [4.69, 9.17) is 34.8 Å². The van der Waals surface area contributed by atoms with Crippen molar-refractivity contribution >= 4 is 34.8 Å². The highest BCUT2D eigenvalue weighted by atomic mass is 35.5. The van der Waals surface area contributed by atoms with E-state index in [1.54, 1.807) is 6.07 Å². The zero-order valence-electron chi connectivity index (χ0n) is 7.29. The molecule has 0 saturated carbocycles. The summed E-state index contributed by atoms with van der Waals surface area (Å²) in [5, 5.41) is 1.47. The molecule has 0 N–H and O–H groups in total. The molecule has 0 aliphatic carbocycles. The van der Waals surface area contributed by atoms with Gasteiger partial charge in [0.25, 0.3) is 0 Å². The zero-order valence-corrected chi connectivity index (χ0v) is 9.56. The lowest BCUT2D eigenvalue weighted by Gasteiger charge is -2.00. The Morgan fingerprint density at radius 3 is 1.83 bits per heavy atom. The van der Waals surface area contributed by atoms with E-state index >= 15 is 0 Å². The van der Waals surface area contributed by atoms with Gasteiger partial charge < -0.3 is 0 Å². The minimum absolute atomic E-state index is 0.434. The van der Waals surface area contributed by atoms with Crippen molar-refractivity contribution in [1.82, 2.24) is 0 Å². The van der Waals surface area contributed by atoms with Crippen LogP contribution in [0, 0.1) is 6.92 Å². The number of rotatable bonds is 0. The second-order valence-electron chi connectivity index (χ2n) is 1.99. The number of hydrogen-bond acceptors (Lipinski definition) is 0. The Labute approximate surface area is 88.4 Å². The van der Waals surface area contributed by atoms with Crippen LogP contribution >= 0.6 is 34.8 Å². The Bertz CT molecular complexity index is 229. The Hall–Kier alpha value is 0.0900. The van der Waals surface area contributed by atoms with Crippen LogP contribution in [-0.2, 0) is 0 Å². The van der Waals surface area contributed by atoms with E-state index in [-0.39, 0.29) is 0 Å². The number of benzene rings is 1. The molecule has 0 fully saturated rings. The van der Waals surface area contributed by atoms with Gasteiger partial charge in [0, 0.05) is 0 Å². The standard InChI is InChI=1S/C7H5Cl3.C2H6/c1-4-2-3-5(8)7(10)6(4)9;1-2/h2-3H,1H3;1-2H3. The van der Waals surface area contributed by atoms with Gasteiger partial charge in [-0.05, 0) is 18.6 Å². The molecule has 68 valence electrons. The Balaban J connectivity index is 0.000000561. The quantitative estimate of drug-likeness (QED) is 0.546. The van der Waals surface area contributed by atoms with E-state index in [0.29, 0.717) is 15.1 Å². The van der Waals surface area contributed by atoms with Crippen LogP contribution in [0.1, 0.15) is 19.4 Å². The highest BCUT2D eigenvalue weighted by Crippen LogP contribution is 2.31. The van der Waals surface area contributed by atoms with Crippen molar-refractivity contribution in [3.8, 4) is 0 Å². The predicted octanol–water partition coefficient (Wildman–Crippen LogP) is 4.98. The van der Waals surface area contributed by atoms with Gasteiger partial charge in [0.05, 0.1) is 15.1 Å². The summed E-state index contributed by atoms with van der Waals surface area (Å²) in [6.45, 7) is 5.88. The predicted molar refractivity (Wildman–Crippen MR) is 57.6 cm³/mol. The van der Waals surface area contributed by atoms with E-state index in [9.17, 15) is 0 Å². The molecule has 3 heteroatoms. The molecule has 0 atom stereocenters. The molecule has 0 unspecified atom stereocenters. The molecule has 12 heavy (non-hydrogen) atoms. The lowest BCUT2D eigenvalue weighted by molar-refractivity contribution is 1.47. The first-order valence-electron chi connectivity index (χ1n) is 3.73. The van der Waals surface area contributed by atoms with E-state index < -0.39 is 0 Å². The molecule has 0 radical (unpaired) electrons. The van der Waals surface area contributed by atoms with Crippen molar-refractivity contribution in [2.24, 2.45) is 0 Å². The van der Waals surface area contributed by atoms with Gasteiger partial charge in [-0.3, -0.25) is 0 Å². The topological polar surface area (TPSA) is 0 Å². The second kappa shape index (κ2) is 5.69. The number of aryl methyl sites for hydroxylation is 1. The first-order chi connectivity index (χ1) is 5.63. The van der Waals surface area contributed by atoms with Crippen molar-refractivity contribution in [2.45, 2.75) is 20.8 Å². The van der Waals surface area contributed by atoms with Crippen LogP contribution in [0.3, 0.4) is 0 Å². The molecule has 0 aliphatic rings. The zero-order chi connectivity index (χ0) is 9.72. The molecule has 0 aliphatic heterocycles. The van der Waals surface area contributed by atoms with Gasteiger partial charge in [-0.15, -0.1) is 0 Å². The summed E-state index contributed by atoms with van der Waals surface area (Å²) >= 11 is 17.2. The van der Waals surface area contributed by atoms with Crippen LogP contribution in [0.25, 0.3) is 0 Å². The summed E-state index contributed by atoms with van der Waals surface area (Å²) in [5.41, 5.74) is 0.941. The Morgan fingerprint density at radius 2 is 1.42 bits per heavy atom. The monoisotopic (exact) mass is 224 g/mol. The van der Waals surface area contributed by atoms with Crippen LogP contribution < -0.4 is 0 Å². The van der Waals surface area contributed by atoms with Crippen LogP contribution in [-0.4, -0.2) is 0 Å². The van der Waals surface area contributed by atoms with E-state index in [1.165, 1.54) is 0 Å². The van der Waals surface area contributed by atoms with Crippen molar-refractivity contribution in [3.63, 3.8) is 0 Å². The van der Waals surface area contributed by atoms with Gasteiger partial charge in [-0.25, -0.2) is 0 Å². The van der Waals surface area contributed by atoms with Crippen molar-refractivity contribution in [1.29, 1.82) is 0 Å². The first-order valence-corrected chi connectivity index (χ1v) is 4.86. The summed E-state index contributed by atoms with van der Waals surface area (Å²) in [6.07, 6.45) is 0. The largest absolute Gasteiger partial charge is 0.0827 e. The maximum Gasteiger partial charge on any atom is 0.0781 e. The lowest BCUT2D eigenvalue weighted by atomic mass is 10.2. The van der Waals surface area contributed by atoms with Gasteiger partial charge in [0.2, 0.25) is 0 Å². The van der Waals surface area contributed by atoms with Crippen molar-refractivity contribution in [2.75, 3.05) is 0 Å². The molecule has 0 saturated heterocycles. The molecule has 1 rings (SSSR count). The normalized spacial score (nSPS) is 8.83. The second-order valence-corrected chi connectivity index (χ2v) is 3.16. The maximum absolute atomic E-state index is 5.77. The summed E-state index contributed by atoms with van der Waals surface area (Å²) in [6, 6.07) is 3.56. The van der Waals surface area contributed by atoms with Crippen LogP contribution in [0.2, 0.25) is 15.1 Å². The average molecular weight is 226 g/mol. The summed E-state index contributed by atoms with van der Waals surface area (Å²) in [5.74, 6) is 0. The fourth-order valence-electron chi connectivity index (χ4n) is 0.622. The molecule has 0 amide bonds. The average Bonchev–Trinajstić information content (AvgIpc) is 2.12. The van der Waals surface area contributed by atoms with Gasteiger partial charge in [-0.2, -0.15) is 0 Å². The Kier molecular flexibility index (Phi) is 5.73. The SMILES string of the molecule is CC.Cc1ccc(Cl)c(Cl)c1Cl. The highest BCUT2D eigenvalue weighted by Gasteiger charge is 2.03. The van der Waals surface area contributed by atoms with Crippen LogP contribution in [0.5, 0.6) is 0 Å². The number of hydrogen-bond donors (Lipinski definition) is 0. The molecule has 1 aromatic carbocycles. The molecule has 0 nitrogen and oxygen atoms in total. The third-order valence-electron chi connectivity index (χ3n) is 1.23. The molecule has 1 aromatic rings. The fourth-order valence-corrected chi connectivity index (χ4v) is 1.21. The maximum atomic E-state index is 5.77. The third kappa shape index (κ3) is 2.85. The molecular formula is C9H11Cl3. The van der Waals surface area contributed by atoms with Gasteiger partial charge >= 0.3 is 0 Å². The van der Waals surface area contributed by atoms with E-state index in [2.05, 4.69) is 0 Å². The van der Waals surface area contributed by atoms with E-state index in [1.807, 2.05) is 26.8 Å². The van der Waals surface area contributed by atoms with Gasteiger partial charge in [0.15, 0.2) is 0 Å². The van der Waals surface area contributed by atoms with Crippen molar-refractivity contribution < 1.29 is 0 Å². The molecular weight excluding hydrogens is 214 g/mol. The minimum Gasteiger partial charge on any atom is -0.0827 e. The third-order valence-corrected chi connectivity index (χ3v) is 2.62. The molecule has 0 bridgehead atoms. The smallest absolute Gasteiger partial charge is 0.0781 e. The van der Waals surface area contributed by atoms with E-state index in [0.717, 1.165) is 5.56 Å². The van der Waals surface area contributed by atoms with Crippen molar-refractivity contribution in [3.05, 3.63) is 32.8 Å². The summed E-state index contributed by atoms with van der Waals surface area (Å²) in [4.78, 5) is 0. The molecule has 0 heterocycles. The number of halogens is 3. The van der Waals surface area contributed by atoms with Gasteiger partial charge in [-0.1, -0.05) is 54.7 Å². The lowest BCUT2D eigenvalue weighted by Crippen LogP contribution is -1.76. The van der Waals surface area contributed by atoms with Gasteiger partial charge in [0.1, 0.15) is 0 Å². The molecule has 0 aromatic heterocycles. The Morgan fingerprint density at radius 1 is 0.917 bits per heavy atom.